The molecular weight excluding hydrogens is 220 g/mol. The first-order valence-corrected chi connectivity index (χ1v) is 6.24. The third-order valence-electron chi connectivity index (χ3n) is 1.98. The predicted molar refractivity (Wildman–Crippen MR) is 68.4 cm³/mol. The molecule has 3 N–H and O–H groups in total. The van der Waals surface area contributed by atoms with E-state index in [1.807, 2.05) is 18.2 Å². The standard InChI is InChI=1S/C12H18N2OS/c1-12(2,13)11(15)14-8-9-16-10-6-4-3-5-7-10/h3-7H,8-9,13H2,1-2H3,(H,14,15). The minimum Gasteiger partial charge on any atom is -0.354 e. The van der Waals surface area contributed by atoms with E-state index < -0.39 is 5.54 Å². The van der Waals surface area contributed by atoms with Crippen LogP contribution in [0, 0.1) is 0 Å². The lowest BCUT2D eigenvalue weighted by Gasteiger charge is -2.17. The quantitative estimate of drug-likeness (QED) is 0.605. The van der Waals surface area contributed by atoms with Gasteiger partial charge in [-0.3, -0.25) is 4.79 Å². The summed E-state index contributed by atoms with van der Waals surface area (Å²) in [6.07, 6.45) is 0. The fourth-order valence-electron chi connectivity index (χ4n) is 1.08. The average Bonchev–Trinajstić information content (AvgIpc) is 2.24. The van der Waals surface area contributed by atoms with Crippen molar-refractivity contribution in [1.29, 1.82) is 0 Å². The molecule has 0 aliphatic heterocycles. The molecule has 0 aromatic heterocycles. The Hall–Kier alpha value is -1.00. The van der Waals surface area contributed by atoms with Crippen molar-refractivity contribution in [1.82, 2.24) is 5.32 Å². The normalized spacial score (nSPS) is 11.2. The van der Waals surface area contributed by atoms with Gasteiger partial charge in [0.1, 0.15) is 0 Å². The molecule has 0 spiro atoms. The van der Waals surface area contributed by atoms with Gasteiger partial charge in [0.15, 0.2) is 0 Å². The van der Waals surface area contributed by atoms with Crippen LogP contribution in [0.15, 0.2) is 35.2 Å². The van der Waals surface area contributed by atoms with Crippen LogP contribution in [0.3, 0.4) is 0 Å². The lowest BCUT2D eigenvalue weighted by Crippen LogP contribution is -2.49. The maximum absolute atomic E-state index is 11.4. The first kappa shape index (κ1) is 13.1. The zero-order valence-corrected chi connectivity index (χ0v) is 10.5. The molecule has 0 saturated heterocycles. The number of rotatable bonds is 5. The van der Waals surface area contributed by atoms with Crippen molar-refractivity contribution in [2.45, 2.75) is 24.3 Å². The number of nitrogens with two attached hydrogens (primary N) is 1. The second kappa shape index (κ2) is 5.92. The predicted octanol–water partition coefficient (Wildman–Crippen LogP) is 1.63. The van der Waals surface area contributed by atoms with E-state index in [4.69, 9.17) is 5.73 Å². The summed E-state index contributed by atoms with van der Waals surface area (Å²) in [6.45, 7) is 4.04. The third kappa shape index (κ3) is 4.68. The van der Waals surface area contributed by atoms with Crippen LogP contribution in [0.25, 0.3) is 0 Å². The fraction of sp³-hybridized carbons (Fsp3) is 0.417. The molecule has 1 aromatic carbocycles. The van der Waals surface area contributed by atoms with E-state index in [0.717, 1.165) is 5.75 Å². The summed E-state index contributed by atoms with van der Waals surface area (Å²) in [7, 11) is 0. The van der Waals surface area contributed by atoms with Gasteiger partial charge in [-0.15, -0.1) is 11.8 Å². The zero-order valence-electron chi connectivity index (χ0n) is 9.69. The lowest BCUT2D eigenvalue weighted by atomic mass is 10.1. The van der Waals surface area contributed by atoms with Gasteiger partial charge in [-0.05, 0) is 26.0 Å². The minimum absolute atomic E-state index is 0.110. The summed E-state index contributed by atoms with van der Waals surface area (Å²) in [5.74, 6) is 0.743. The molecule has 0 fully saturated rings. The number of amides is 1. The van der Waals surface area contributed by atoms with E-state index in [1.165, 1.54) is 4.90 Å². The van der Waals surface area contributed by atoms with Crippen LogP contribution >= 0.6 is 11.8 Å². The topological polar surface area (TPSA) is 55.1 Å². The Morgan fingerprint density at radius 3 is 2.56 bits per heavy atom. The van der Waals surface area contributed by atoms with E-state index in [0.29, 0.717) is 6.54 Å². The summed E-state index contributed by atoms with van der Waals surface area (Å²) in [5, 5.41) is 2.81. The van der Waals surface area contributed by atoms with Crippen molar-refractivity contribution in [2.75, 3.05) is 12.3 Å². The van der Waals surface area contributed by atoms with Crippen LogP contribution in [0.2, 0.25) is 0 Å². The van der Waals surface area contributed by atoms with E-state index in [2.05, 4.69) is 17.4 Å². The SMILES string of the molecule is CC(C)(N)C(=O)NCCSc1ccccc1. The van der Waals surface area contributed by atoms with E-state index in [-0.39, 0.29) is 5.91 Å². The van der Waals surface area contributed by atoms with Gasteiger partial charge in [0.05, 0.1) is 5.54 Å². The highest BCUT2D eigenvalue weighted by Gasteiger charge is 2.20. The number of hydrogen-bond acceptors (Lipinski definition) is 3. The zero-order chi connectivity index (χ0) is 12.0. The molecule has 3 nitrogen and oxygen atoms in total. The van der Waals surface area contributed by atoms with Crippen molar-refractivity contribution in [3.8, 4) is 0 Å². The highest BCUT2D eigenvalue weighted by molar-refractivity contribution is 7.99. The van der Waals surface area contributed by atoms with Gasteiger partial charge < -0.3 is 11.1 Å². The molecule has 0 saturated carbocycles. The van der Waals surface area contributed by atoms with Gasteiger partial charge >= 0.3 is 0 Å². The smallest absolute Gasteiger partial charge is 0.239 e. The van der Waals surface area contributed by atoms with E-state index in [1.54, 1.807) is 25.6 Å². The fourth-order valence-corrected chi connectivity index (χ4v) is 1.87. The third-order valence-corrected chi connectivity index (χ3v) is 3.00. The monoisotopic (exact) mass is 238 g/mol. The maximum Gasteiger partial charge on any atom is 0.239 e. The molecule has 0 aliphatic carbocycles. The Morgan fingerprint density at radius 2 is 2.00 bits per heavy atom. The highest BCUT2D eigenvalue weighted by atomic mass is 32.2. The molecule has 16 heavy (non-hydrogen) atoms. The van der Waals surface area contributed by atoms with Gasteiger partial charge in [0.25, 0.3) is 0 Å². The highest BCUT2D eigenvalue weighted by Crippen LogP contribution is 2.15. The van der Waals surface area contributed by atoms with Crippen molar-refractivity contribution in [2.24, 2.45) is 5.73 Å². The second-order valence-electron chi connectivity index (χ2n) is 4.14. The molecule has 1 aromatic rings. The van der Waals surface area contributed by atoms with Crippen molar-refractivity contribution < 1.29 is 4.79 Å². The number of benzene rings is 1. The Bertz CT molecular complexity index is 333. The van der Waals surface area contributed by atoms with E-state index in [9.17, 15) is 4.79 Å². The molecule has 4 heteroatoms. The summed E-state index contributed by atoms with van der Waals surface area (Å²) >= 11 is 1.72. The van der Waals surface area contributed by atoms with Gasteiger partial charge in [-0.1, -0.05) is 18.2 Å². The van der Waals surface area contributed by atoms with Crippen molar-refractivity contribution in [3.05, 3.63) is 30.3 Å². The molecule has 0 radical (unpaired) electrons. The molecule has 0 bridgehead atoms. The Kier molecular flexibility index (Phi) is 4.83. The second-order valence-corrected chi connectivity index (χ2v) is 5.31. The summed E-state index contributed by atoms with van der Waals surface area (Å²) in [4.78, 5) is 12.6. The number of thioether (sulfide) groups is 1. The molecule has 1 rings (SSSR count). The van der Waals surface area contributed by atoms with Crippen LogP contribution in [0.4, 0.5) is 0 Å². The lowest BCUT2D eigenvalue weighted by molar-refractivity contribution is -0.125. The molecule has 88 valence electrons. The van der Waals surface area contributed by atoms with Gasteiger partial charge in [-0.2, -0.15) is 0 Å². The van der Waals surface area contributed by atoms with E-state index >= 15 is 0 Å². The first-order valence-electron chi connectivity index (χ1n) is 5.25. The van der Waals surface area contributed by atoms with Crippen LogP contribution in [0.5, 0.6) is 0 Å². The van der Waals surface area contributed by atoms with Crippen LogP contribution in [-0.2, 0) is 4.79 Å². The molecule has 0 heterocycles. The average molecular weight is 238 g/mol. The van der Waals surface area contributed by atoms with Crippen LogP contribution in [-0.4, -0.2) is 23.7 Å². The molecule has 0 atom stereocenters. The Labute approximate surface area is 101 Å². The summed E-state index contributed by atoms with van der Waals surface area (Å²) in [5.41, 5.74) is 4.86. The van der Waals surface area contributed by atoms with Gasteiger partial charge in [-0.25, -0.2) is 0 Å². The molecular formula is C12H18N2OS. The van der Waals surface area contributed by atoms with Gasteiger partial charge in [0, 0.05) is 17.2 Å². The molecule has 1 amide bonds. The van der Waals surface area contributed by atoms with Gasteiger partial charge in [0.2, 0.25) is 5.91 Å². The summed E-state index contributed by atoms with van der Waals surface area (Å²) in [6, 6.07) is 10.1. The number of carbonyl (C=O) groups is 1. The Morgan fingerprint density at radius 1 is 1.38 bits per heavy atom. The molecule has 0 aliphatic rings. The first-order chi connectivity index (χ1) is 7.50. The molecule has 0 unspecified atom stereocenters. The number of carbonyl (C=O) groups excluding carboxylic acids is 1. The number of hydrogen-bond donors (Lipinski definition) is 2. The Balaban J connectivity index is 2.20. The summed E-state index contributed by atoms with van der Waals surface area (Å²) < 4.78 is 0. The largest absolute Gasteiger partial charge is 0.354 e. The maximum atomic E-state index is 11.4. The number of nitrogens with one attached hydrogen (secondary N) is 1. The minimum atomic E-state index is -0.794. The van der Waals surface area contributed by atoms with Crippen LogP contribution in [0.1, 0.15) is 13.8 Å². The van der Waals surface area contributed by atoms with Crippen molar-refractivity contribution in [3.63, 3.8) is 0 Å². The van der Waals surface area contributed by atoms with Crippen molar-refractivity contribution >= 4 is 17.7 Å². The van der Waals surface area contributed by atoms with Crippen LogP contribution < -0.4 is 11.1 Å².